The molecular weight excluding hydrogens is 413 g/mol. The third kappa shape index (κ3) is 4.01. The molecule has 1 aliphatic heterocycles. The zero-order valence-corrected chi connectivity index (χ0v) is 16.1. The summed E-state index contributed by atoms with van der Waals surface area (Å²) in [6.07, 6.45) is 1.52. The first-order valence-electron chi connectivity index (χ1n) is 8.80. The lowest BCUT2D eigenvalue weighted by Crippen LogP contribution is -1.98. The molecule has 3 aromatic carbocycles. The normalized spacial score (nSPS) is 13.8. The van der Waals surface area contributed by atoms with Crippen molar-refractivity contribution in [3.05, 3.63) is 104 Å². The highest BCUT2D eigenvalue weighted by Gasteiger charge is 2.27. The minimum absolute atomic E-state index is 0.0397. The van der Waals surface area contributed by atoms with Gasteiger partial charge in [-0.3, -0.25) is 14.9 Å². The van der Waals surface area contributed by atoms with Crippen LogP contribution in [-0.4, -0.2) is 10.7 Å². The van der Waals surface area contributed by atoms with Gasteiger partial charge in [0.2, 0.25) is 5.78 Å². The van der Waals surface area contributed by atoms with Crippen LogP contribution < -0.4 is 9.47 Å². The Morgan fingerprint density at radius 2 is 1.87 bits per heavy atom. The van der Waals surface area contributed by atoms with Gasteiger partial charge in [-0.2, -0.15) is 0 Å². The molecule has 0 saturated carbocycles. The van der Waals surface area contributed by atoms with Crippen LogP contribution in [0.5, 0.6) is 11.5 Å². The van der Waals surface area contributed by atoms with E-state index in [1.165, 1.54) is 48.5 Å². The summed E-state index contributed by atoms with van der Waals surface area (Å²) in [5.74, 6) is 0.184. The average Bonchev–Trinajstić information content (AvgIpc) is 3.02. The first-order chi connectivity index (χ1) is 14.4. The fraction of sp³-hybridized carbons (Fsp3) is 0.0455. The molecule has 0 aromatic heterocycles. The molecule has 4 rings (SSSR count). The van der Waals surface area contributed by atoms with E-state index in [1.807, 2.05) is 0 Å². The Kier molecular flexibility index (Phi) is 5.20. The number of nitro groups is 1. The Bertz CT molecular complexity index is 1190. The summed E-state index contributed by atoms with van der Waals surface area (Å²) in [4.78, 5) is 22.8. The van der Waals surface area contributed by atoms with Gasteiger partial charge in [0.25, 0.3) is 5.69 Å². The standard InChI is InChI=1S/C22H13ClFNO5/c23-19-10-15(24)4-3-14(19)12-29-17-7-8-18-20(11-17)30-21(22(18)26)9-13-1-5-16(6-2-13)25(27)28/h1-11H,12H2/b21-9-. The molecule has 30 heavy (non-hydrogen) atoms. The highest BCUT2D eigenvalue weighted by molar-refractivity contribution is 6.31. The van der Waals surface area contributed by atoms with Crippen LogP contribution in [0.15, 0.2) is 66.4 Å². The zero-order valence-electron chi connectivity index (χ0n) is 15.3. The molecule has 0 N–H and O–H groups in total. The van der Waals surface area contributed by atoms with E-state index in [1.54, 1.807) is 18.2 Å². The van der Waals surface area contributed by atoms with E-state index in [4.69, 9.17) is 21.1 Å². The predicted octanol–water partition coefficient (Wildman–Crippen LogP) is 5.58. The number of hydrogen-bond donors (Lipinski definition) is 0. The molecule has 150 valence electrons. The topological polar surface area (TPSA) is 78.7 Å². The van der Waals surface area contributed by atoms with Crippen molar-refractivity contribution in [1.82, 2.24) is 0 Å². The molecule has 6 nitrogen and oxygen atoms in total. The molecule has 3 aromatic rings. The van der Waals surface area contributed by atoms with Crippen LogP contribution in [-0.2, 0) is 6.61 Å². The first-order valence-corrected chi connectivity index (χ1v) is 9.18. The molecule has 0 aliphatic carbocycles. The number of carbonyl (C=O) groups is 1. The van der Waals surface area contributed by atoms with Gasteiger partial charge in [-0.1, -0.05) is 17.7 Å². The number of fused-ring (bicyclic) bond motifs is 1. The van der Waals surface area contributed by atoms with Gasteiger partial charge in [-0.05, 0) is 48.0 Å². The fourth-order valence-corrected chi connectivity index (χ4v) is 3.12. The van der Waals surface area contributed by atoms with Crippen molar-refractivity contribution in [1.29, 1.82) is 0 Å². The second kappa shape index (κ2) is 7.96. The molecule has 0 atom stereocenters. The van der Waals surface area contributed by atoms with E-state index in [0.29, 0.717) is 28.2 Å². The average molecular weight is 426 g/mol. The minimum atomic E-state index is -0.495. The Hall–Kier alpha value is -3.71. The maximum atomic E-state index is 13.1. The maximum Gasteiger partial charge on any atom is 0.269 e. The number of halogens is 2. The van der Waals surface area contributed by atoms with Crippen LogP contribution in [0.25, 0.3) is 6.08 Å². The Balaban J connectivity index is 1.50. The van der Waals surface area contributed by atoms with Gasteiger partial charge in [0, 0.05) is 23.8 Å². The van der Waals surface area contributed by atoms with E-state index in [9.17, 15) is 19.3 Å². The Morgan fingerprint density at radius 3 is 2.57 bits per heavy atom. The van der Waals surface area contributed by atoms with Crippen molar-refractivity contribution < 1.29 is 23.6 Å². The zero-order chi connectivity index (χ0) is 21.3. The van der Waals surface area contributed by atoms with Crippen molar-refractivity contribution in [2.24, 2.45) is 0 Å². The highest BCUT2D eigenvalue weighted by atomic mass is 35.5. The largest absolute Gasteiger partial charge is 0.489 e. The van der Waals surface area contributed by atoms with Crippen LogP contribution in [0.3, 0.4) is 0 Å². The quantitative estimate of drug-likeness (QED) is 0.303. The van der Waals surface area contributed by atoms with Gasteiger partial charge in [-0.15, -0.1) is 0 Å². The van der Waals surface area contributed by atoms with E-state index < -0.39 is 10.7 Å². The molecular formula is C22H13ClFNO5. The summed E-state index contributed by atoms with van der Waals surface area (Å²) in [5, 5.41) is 11.0. The van der Waals surface area contributed by atoms with Gasteiger partial charge in [0.15, 0.2) is 5.76 Å². The number of nitrogens with zero attached hydrogens (tertiary/aromatic N) is 1. The van der Waals surface area contributed by atoms with Crippen molar-refractivity contribution in [3.8, 4) is 11.5 Å². The smallest absolute Gasteiger partial charge is 0.269 e. The summed E-state index contributed by atoms with van der Waals surface area (Å²) >= 11 is 6.00. The van der Waals surface area contributed by atoms with Crippen molar-refractivity contribution in [2.45, 2.75) is 6.61 Å². The summed E-state index contributed by atoms with van der Waals surface area (Å²) in [6.45, 7) is 0.122. The number of nitro benzene ring substituents is 1. The van der Waals surface area contributed by atoms with Gasteiger partial charge in [0.05, 0.1) is 15.5 Å². The van der Waals surface area contributed by atoms with Crippen molar-refractivity contribution in [2.75, 3.05) is 0 Å². The van der Waals surface area contributed by atoms with Crippen LogP contribution in [0.4, 0.5) is 10.1 Å². The molecule has 1 aliphatic rings. The summed E-state index contributed by atoms with van der Waals surface area (Å²) in [5.41, 5.74) is 1.56. The summed E-state index contributed by atoms with van der Waals surface area (Å²) in [7, 11) is 0. The molecule has 0 saturated heterocycles. The van der Waals surface area contributed by atoms with Crippen molar-refractivity contribution >= 4 is 29.1 Å². The number of carbonyl (C=O) groups excluding carboxylic acids is 1. The van der Waals surface area contributed by atoms with Crippen LogP contribution in [0, 0.1) is 15.9 Å². The van der Waals surface area contributed by atoms with Crippen LogP contribution >= 0.6 is 11.6 Å². The first kappa shape index (κ1) is 19.6. The van der Waals surface area contributed by atoms with E-state index in [0.717, 1.165) is 0 Å². The Labute approximate surface area is 175 Å². The molecule has 0 amide bonds. The Morgan fingerprint density at radius 1 is 1.10 bits per heavy atom. The number of ketones is 1. The molecule has 0 unspecified atom stereocenters. The number of non-ortho nitro benzene ring substituents is 1. The number of hydrogen-bond acceptors (Lipinski definition) is 5. The van der Waals surface area contributed by atoms with Crippen molar-refractivity contribution in [3.63, 3.8) is 0 Å². The van der Waals surface area contributed by atoms with Crippen LogP contribution in [0.1, 0.15) is 21.5 Å². The number of allylic oxidation sites excluding steroid dienone is 1. The number of rotatable bonds is 5. The minimum Gasteiger partial charge on any atom is -0.489 e. The van der Waals surface area contributed by atoms with Gasteiger partial charge in [0.1, 0.15) is 23.9 Å². The molecule has 1 heterocycles. The summed E-state index contributed by atoms with van der Waals surface area (Å²) in [6, 6.07) is 14.6. The van der Waals surface area contributed by atoms with E-state index in [2.05, 4.69) is 0 Å². The van der Waals surface area contributed by atoms with E-state index >= 15 is 0 Å². The monoisotopic (exact) mass is 425 g/mol. The predicted molar refractivity (Wildman–Crippen MR) is 108 cm³/mol. The lowest BCUT2D eigenvalue weighted by Gasteiger charge is -2.08. The second-order valence-electron chi connectivity index (χ2n) is 6.47. The molecule has 8 heteroatoms. The summed E-state index contributed by atoms with van der Waals surface area (Å²) < 4.78 is 24.5. The third-order valence-electron chi connectivity index (χ3n) is 4.45. The molecule has 0 bridgehead atoms. The molecule has 0 fully saturated rings. The second-order valence-corrected chi connectivity index (χ2v) is 6.88. The lowest BCUT2D eigenvalue weighted by molar-refractivity contribution is -0.384. The third-order valence-corrected chi connectivity index (χ3v) is 4.80. The SMILES string of the molecule is O=C1/C(=C/c2ccc([N+](=O)[O-])cc2)Oc2cc(OCc3ccc(F)cc3Cl)ccc21. The number of Topliss-reactive ketones (excluding diaryl/α,β-unsaturated/α-hetero) is 1. The van der Waals surface area contributed by atoms with Gasteiger partial charge < -0.3 is 9.47 Å². The molecule has 0 radical (unpaired) electrons. The fourth-order valence-electron chi connectivity index (χ4n) is 2.90. The number of benzene rings is 3. The van der Waals surface area contributed by atoms with Crippen LogP contribution in [0.2, 0.25) is 5.02 Å². The van der Waals surface area contributed by atoms with Gasteiger partial charge in [-0.25, -0.2) is 4.39 Å². The maximum absolute atomic E-state index is 13.1. The lowest BCUT2D eigenvalue weighted by atomic mass is 10.1. The molecule has 0 spiro atoms. The highest BCUT2D eigenvalue weighted by Crippen LogP contribution is 2.35. The number of ether oxygens (including phenoxy) is 2. The van der Waals surface area contributed by atoms with Gasteiger partial charge >= 0.3 is 0 Å². The van der Waals surface area contributed by atoms with E-state index in [-0.39, 0.29) is 28.9 Å².